The Balaban J connectivity index is 1.90. The molecule has 1 aliphatic heterocycles. The second kappa shape index (κ2) is 6.36. The van der Waals surface area contributed by atoms with Gasteiger partial charge in [-0.1, -0.05) is 30.3 Å². The number of rotatable bonds is 4. The van der Waals surface area contributed by atoms with E-state index in [-0.39, 0.29) is 17.9 Å². The zero-order chi connectivity index (χ0) is 13.7. The lowest BCUT2D eigenvalue weighted by atomic mass is 10.1. The van der Waals surface area contributed by atoms with Crippen LogP contribution >= 0.6 is 0 Å². The van der Waals surface area contributed by atoms with Crippen molar-refractivity contribution in [2.75, 3.05) is 13.6 Å². The maximum absolute atomic E-state index is 12.2. The highest BCUT2D eigenvalue weighted by Crippen LogP contribution is 2.19. The molecule has 0 unspecified atom stereocenters. The van der Waals surface area contributed by atoms with Gasteiger partial charge in [0.1, 0.15) is 6.04 Å². The Labute approximate surface area is 113 Å². The minimum Gasteiger partial charge on any atom is -0.357 e. The van der Waals surface area contributed by atoms with Crippen molar-refractivity contribution in [2.24, 2.45) is 0 Å². The van der Waals surface area contributed by atoms with Crippen LogP contribution in [-0.2, 0) is 16.0 Å². The number of likely N-dealkylation sites (tertiary alicyclic amines) is 1. The third-order valence-electron chi connectivity index (χ3n) is 3.59. The van der Waals surface area contributed by atoms with Crippen molar-refractivity contribution in [3.05, 3.63) is 35.9 Å². The van der Waals surface area contributed by atoms with E-state index < -0.39 is 0 Å². The van der Waals surface area contributed by atoms with Crippen LogP contribution in [0.3, 0.4) is 0 Å². The van der Waals surface area contributed by atoms with Crippen LogP contribution in [0.15, 0.2) is 30.3 Å². The molecule has 2 rings (SSSR count). The second-order valence-corrected chi connectivity index (χ2v) is 4.85. The molecule has 0 aliphatic carbocycles. The average molecular weight is 260 g/mol. The second-order valence-electron chi connectivity index (χ2n) is 4.85. The first-order valence-electron chi connectivity index (χ1n) is 6.77. The van der Waals surface area contributed by atoms with E-state index in [0.717, 1.165) is 24.8 Å². The number of amides is 2. The number of hydrogen-bond donors (Lipinski definition) is 1. The molecule has 102 valence electrons. The summed E-state index contributed by atoms with van der Waals surface area (Å²) < 4.78 is 0. The summed E-state index contributed by atoms with van der Waals surface area (Å²) in [4.78, 5) is 25.6. The lowest BCUT2D eigenvalue weighted by Gasteiger charge is -2.23. The molecule has 1 aromatic rings. The fourth-order valence-corrected chi connectivity index (χ4v) is 2.54. The van der Waals surface area contributed by atoms with Crippen LogP contribution in [-0.4, -0.2) is 36.3 Å². The van der Waals surface area contributed by atoms with E-state index in [2.05, 4.69) is 5.32 Å². The fraction of sp³-hybridized carbons (Fsp3) is 0.467. The first kappa shape index (κ1) is 13.6. The Morgan fingerprint density at radius 1 is 1.32 bits per heavy atom. The molecule has 0 bridgehead atoms. The van der Waals surface area contributed by atoms with Gasteiger partial charge in [-0.25, -0.2) is 0 Å². The van der Waals surface area contributed by atoms with Gasteiger partial charge in [0, 0.05) is 20.0 Å². The van der Waals surface area contributed by atoms with E-state index in [4.69, 9.17) is 0 Å². The molecule has 0 radical (unpaired) electrons. The maximum Gasteiger partial charge on any atom is 0.242 e. The SMILES string of the molecule is CNC(=O)[C@@H]1CCCN1C(=O)CCc1ccccc1. The summed E-state index contributed by atoms with van der Waals surface area (Å²) in [5.74, 6) is 0.0283. The van der Waals surface area contributed by atoms with Gasteiger partial charge in [-0.3, -0.25) is 9.59 Å². The molecule has 1 aliphatic rings. The summed E-state index contributed by atoms with van der Waals surface area (Å²) in [6, 6.07) is 9.69. The molecule has 1 saturated heterocycles. The first-order valence-corrected chi connectivity index (χ1v) is 6.77. The van der Waals surface area contributed by atoms with E-state index in [9.17, 15) is 9.59 Å². The molecular weight excluding hydrogens is 240 g/mol. The highest BCUT2D eigenvalue weighted by Gasteiger charge is 2.32. The quantitative estimate of drug-likeness (QED) is 0.888. The summed E-state index contributed by atoms with van der Waals surface area (Å²) in [5.41, 5.74) is 1.16. The van der Waals surface area contributed by atoms with Crippen LogP contribution in [0.1, 0.15) is 24.8 Å². The van der Waals surface area contributed by atoms with Crippen LogP contribution in [0.25, 0.3) is 0 Å². The monoisotopic (exact) mass is 260 g/mol. The number of nitrogens with one attached hydrogen (secondary N) is 1. The summed E-state index contributed by atoms with van der Waals surface area (Å²) >= 11 is 0. The van der Waals surface area contributed by atoms with Gasteiger partial charge in [0.2, 0.25) is 11.8 Å². The molecule has 1 N–H and O–H groups in total. The molecule has 19 heavy (non-hydrogen) atoms. The lowest BCUT2D eigenvalue weighted by molar-refractivity contribution is -0.138. The summed E-state index contributed by atoms with van der Waals surface area (Å²) in [6.45, 7) is 0.700. The molecule has 0 saturated carbocycles. The molecule has 0 aromatic heterocycles. The molecular formula is C15H20N2O2. The smallest absolute Gasteiger partial charge is 0.242 e. The standard InChI is InChI=1S/C15H20N2O2/c1-16-15(19)13-8-5-11-17(13)14(18)10-9-12-6-3-2-4-7-12/h2-4,6-7,13H,5,8-11H2,1H3,(H,16,19)/t13-/m0/s1. The van der Waals surface area contributed by atoms with E-state index >= 15 is 0 Å². The van der Waals surface area contributed by atoms with E-state index in [1.54, 1.807) is 11.9 Å². The van der Waals surface area contributed by atoms with Crippen LogP contribution in [0.4, 0.5) is 0 Å². The Kier molecular flexibility index (Phi) is 4.55. The zero-order valence-electron chi connectivity index (χ0n) is 11.3. The molecule has 1 heterocycles. The number of likely N-dealkylation sites (N-methyl/N-ethyl adjacent to an activating group) is 1. The number of hydrogen-bond acceptors (Lipinski definition) is 2. The van der Waals surface area contributed by atoms with Crippen molar-refractivity contribution < 1.29 is 9.59 Å². The molecule has 2 amide bonds. The number of nitrogens with zero attached hydrogens (tertiary/aromatic N) is 1. The van der Waals surface area contributed by atoms with Crippen LogP contribution in [0.5, 0.6) is 0 Å². The topological polar surface area (TPSA) is 49.4 Å². The fourth-order valence-electron chi connectivity index (χ4n) is 2.54. The minimum atomic E-state index is -0.270. The Morgan fingerprint density at radius 2 is 2.05 bits per heavy atom. The number of carbonyl (C=O) groups is 2. The first-order chi connectivity index (χ1) is 9.22. The van der Waals surface area contributed by atoms with Gasteiger partial charge in [-0.05, 0) is 24.8 Å². The van der Waals surface area contributed by atoms with Gasteiger partial charge >= 0.3 is 0 Å². The molecule has 1 atom stereocenters. The summed E-state index contributed by atoms with van der Waals surface area (Å²) in [6.07, 6.45) is 2.89. The van der Waals surface area contributed by atoms with Crippen LogP contribution < -0.4 is 5.32 Å². The normalized spacial score (nSPS) is 18.4. The minimum absolute atomic E-state index is 0.0504. The van der Waals surface area contributed by atoms with Gasteiger partial charge in [-0.2, -0.15) is 0 Å². The van der Waals surface area contributed by atoms with E-state index in [1.807, 2.05) is 30.3 Å². The predicted octanol–water partition coefficient (Wildman–Crippen LogP) is 1.36. The van der Waals surface area contributed by atoms with Gasteiger partial charge in [0.05, 0.1) is 0 Å². The summed E-state index contributed by atoms with van der Waals surface area (Å²) in [7, 11) is 1.62. The van der Waals surface area contributed by atoms with Crippen molar-refractivity contribution in [3.63, 3.8) is 0 Å². The van der Waals surface area contributed by atoms with E-state index in [1.165, 1.54) is 0 Å². The van der Waals surface area contributed by atoms with Gasteiger partial charge in [-0.15, -0.1) is 0 Å². The van der Waals surface area contributed by atoms with Crippen molar-refractivity contribution in [1.82, 2.24) is 10.2 Å². The Bertz CT molecular complexity index is 445. The highest BCUT2D eigenvalue weighted by atomic mass is 16.2. The molecule has 4 nitrogen and oxygen atoms in total. The maximum atomic E-state index is 12.2. The van der Waals surface area contributed by atoms with E-state index in [0.29, 0.717) is 13.0 Å². The molecule has 1 fully saturated rings. The third-order valence-corrected chi connectivity index (χ3v) is 3.59. The number of carbonyl (C=O) groups excluding carboxylic acids is 2. The number of benzene rings is 1. The summed E-state index contributed by atoms with van der Waals surface area (Å²) in [5, 5.41) is 2.63. The Hall–Kier alpha value is -1.84. The van der Waals surface area contributed by atoms with Gasteiger partial charge < -0.3 is 10.2 Å². The van der Waals surface area contributed by atoms with Crippen LogP contribution in [0, 0.1) is 0 Å². The molecule has 4 heteroatoms. The largest absolute Gasteiger partial charge is 0.357 e. The van der Waals surface area contributed by atoms with Crippen molar-refractivity contribution in [3.8, 4) is 0 Å². The van der Waals surface area contributed by atoms with Gasteiger partial charge in [0.25, 0.3) is 0 Å². The Morgan fingerprint density at radius 3 is 2.74 bits per heavy atom. The molecule has 1 aromatic carbocycles. The van der Waals surface area contributed by atoms with Crippen molar-refractivity contribution in [2.45, 2.75) is 31.7 Å². The lowest BCUT2D eigenvalue weighted by Crippen LogP contribution is -2.44. The van der Waals surface area contributed by atoms with Gasteiger partial charge in [0.15, 0.2) is 0 Å². The average Bonchev–Trinajstić information content (AvgIpc) is 2.94. The predicted molar refractivity (Wildman–Crippen MR) is 73.6 cm³/mol. The molecule has 0 spiro atoms. The highest BCUT2D eigenvalue weighted by molar-refractivity contribution is 5.88. The van der Waals surface area contributed by atoms with Crippen LogP contribution in [0.2, 0.25) is 0 Å². The number of aryl methyl sites for hydroxylation is 1. The van der Waals surface area contributed by atoms with Crippen molar-refractivity contribution >= 4 is 11.8 Å². The zero-order valence-corrected chi connectivity index (χ0v) is 11.3. The van der Waals surface area contributed by atoms with Crippen molar-refractivity contribution in [1.29, 1.82) is 0 Å². The third kappa shape index (κ3) is 3.34.